The molecule has 0 aromatic heterocycles. The Kier molecular flexibility index (Phi) is 2.65. The summed E-state index contributed by atoms with van der Waals surface area (Å²) in [5.74, 6) is -4.79. The van der Waals surface area contributed by atoms with E-state index < -0.39 is 29.4 Å². The maximum Gasteiger partial charge on any atom is 0.328 e. The fraction of sp³-hybridized carbons (Fsp3) is 0.333. The lowest BCUT2D eigenvalue weighted by Crippen LogP contribution is -2.45. The predicted molar refractivity (Wildman–Crippen MR) is 58.8 cm³/mol. The smallest absolute Gasteiger partial charge is 0.328 e. The van der Waals surface area contributed by atoms with E-state index in [4.69, 9.17) is 9.47 Å². The van der Waals surface area contributed by atoms with Crippen LogP contribution in [0, 0.1) is 0 Å². The fourth-order valence-corrected chi connectivity index (χ4v) is 1.71. The van der Waals surface area contributed by atoms with E-state index in [1.54, 1.807) is 0 Å². The van der Waals surface area contributed by atoms with Gasteiger partial charge < -0.3 is 19.7 Å². The van der Waals surface area contributed by atoms with Crippen molar-refractivity contribution in [1.29, 1.82) is 0 Å². The van der Waals surface area contributed by atoms with Gasteiger partial charge >= 0.3 is 11.9 Å². The largest absolute Gasteiger partial charge is 0.504 e. The van der Waals surface area contributed by atoms with E-state index in [0.717, 1.165) is 6.07 Å². The minimum Gasteiger partial charge on any atom is -0.504 e. The van der Waals surface area contributed by atoms with Crippen molar-refractivity contribution >= 4 is 11.9 Å². The lowest BCUT2D eigenvalue weighted by Gasteiger charge is -2.32. The Bertz CT molecular complexity index is 499. The number of aromatic hydroxyl groups is 2. The number of phenolic OH excluding ortho intramolecular Hbond substituents is 2. The van der Waals surface area contributed by atoms with Gasteiger partial charge in [-0.25, -0.2) is 0 Å². The second-order valence-corrected chi connectivity index (χ2v) is 4.42. The maximum atomic E-state index is 11.7. The molecular formula is C12H12O6. The van der Waals surface area contributed by atoms with Crippen LogP contribution in [-0.2, 0) is 19.1 Å². The van der Waals surface area contributed by atoms with Gasteiger partial charge in [0.2, 0.25) is 0 Å². The summed E-state index contributed by atoms with van der Waals surface area (Å²) < 4.78 is 9.91. The summed E-state index contributed by atoms with van der Waals surface area (Å²) in [6.07, 6.45) is 0. The zero-order chi connectivity index (χ0) is 13.5. The molecule has 6 heteroatoms. The number of esters is 2. The van der Waals surface area contributed by atoms with Crippen LogP contribution >= 0.6 is 0 Å². The molecule has 96 valence electrons. The van der Waals surface area contributed by atoms with Crippen molar-refractivity contribution in [1.82, 2.24) is 0 Å². The third kappa shape index (κ3) is 2.09. The van der Waals surface area contributed by atoms with E-state index >= 15 is 0 Å². The van der Waals surface area contributed by atoms with Crippen LogP contribution in [0.1, 0.15) is 25.3 Å². The Morgan fingerprint density at radius 3 is 2.11 bits per heavy atom. The highest BCUT2D eigenvalue weighted by Gasteiger charge is 2.44. The molecule has 0 aliphatic carbocycles. The van der Waals surface area contributed by atoms with Crippen molar-refractivity contribution in [2.45, 2.75) is 25.6 Å². The lowest BCUT2D eigenvalue weighted by atomic mass is 9.97. The van der Waals surface area contributed by atoms with Crippen LogP contribution in [0.4, 0.5) is 0 Å². The van der Waals surface area contributed by atoms with Crippen LogP contribution in [0.3, 0.4) is 0 Å². The molecule has 0 spiro atoms. The summed E-state index contributed by atoms with van der Waals surface area (Å²) in [5.41, 5.74) is 0.204. The normalized spacial score (nSPS) is 19.2. The molecule has 0 saturated carbocycles. The van der Waals surface area contributed by atoms with Gasteiger partial charge in [-0.3, -0.25) is 9.59 Å². The van der Waals surface area contributed by atoms with Crippen LogP contribution < -0.4 is 0 Å². The Morgan fingerprint density at radius 2 is 1.61 bits per heavy atom. The molecule has 1 aliphatic heterocycles. The van der Waals surface area contributed by atoms with Gasteiger partial charge in [0.15, 0.2) is 17.4 Å². The van der Waals surface area contributed by atoms with Crippen LogP contribution in [0.25, 0.3) is 0 Å². The molecule has 1 aromatic rings. The summed E-state index contributed by atoms with van der Waals surface area (Å²) in [5, 5.41) is 18.5. The van der Waals surface area contributed by atoms with E-state index in [0.29, 0.717) is 0 Å². The van der Waals surface area contributed by atoms with Crippen molar-refractivity contribution in [2.75, 3.05) is 0 Å². The van der Waals surface area contributed by atoms with E-state index in [1.807, 2.05) is 0 Å². The average Bonchev–Trinajstić information content (AvgIpc) is 2.20. The highest BCUT2D eigenvalue weighted by atomic mass is 16.7. The molecule has 1 fully saturated rings. The van der Waals surface area contributed by atoms with Gasteiger partial charge in [0.25, 0.3) is 5.79 Å². The van der Waals surface area contributed by atoms with E-state index in [1.165, 1.54) is 26.0 Å². The van der Waals surface area contributed by atoms with Crippen molar-refractivity contribution in [2.24, 2.45) is 0 Å². The van der Waals surface area contributed by atoms with Gasteiger partial charge in [0.05, 0.1) is 0 Å². The zero-order valence-corrected chi connectivity index (χ0v) is 9.84. The number of carbonyl (C=O) groups excluding carboxylic acids is 2. The zero-order valence-electron chi connectivity index (χ0n) is 9.84. The topological polar surface area (TPSA) is 93.1 Å². The highest BCUT2D eigenvalue weighted by molar-refractivity contribution is 6.02. The van der Waals surface area contributed by atoms with Gasteiger partial charge in [0, 0.05) is 13.8 Å². The Hall–Kier alpha value is -2.24. The molecule has 0 radical (unpaired) electrons. The molecule has 0 unspecified atom stereocenters. The van der Waals surface area contributed by atoms with Crippen molar-refractivity contribution in [3.63, 3.8) is 0 Å². The Balaban J connectivity index is 2.36. The van der Waals surface area contributed by atoms with Gasteiger partial charge in [0.1, 0.15) is 0 Å². The number of phenols is 2. The highest BCUT2D eigenvalue weighted by Crippen LogP contribution is 2.33. The first-order valence-electron chi connectivity index (χ1n) is 5.28. The molecule has 1 saturated heterocycles. The van der Waals surface area contributed by atoms with Gasteiger partial charge in [-0.05, 0) is 17.7 Å². The summed E-state index contributed by atoms with van der Waals surface area (Å²) in [4.78, 5) is 23.5. The molecule has 1 aliphatic rings. The number of benzene rings is 1. The molecular weight excluding hydrogens is 240 g/mol. The van der Waals surface area contributed by atoms with Gasteiger partial charge in [-0.15, -0.1) is 0 Å². The van der Waals surface area contributed by atoms with Crippen LogP contribution in [0.15, 0.2) is 18.2 Å². The predicted octanol–water partition coefficient (Wildman–Crippen LogP) is 1.02. The van der Waals surface area contributed by atoms with Gasteiger partial charge in [-0.2, -0.15) is 0 Å². The van der Waals surface area contributed by atoms with Crippen LogP contribution in [-0.4, -0.2) is 27.9 Å². The molecule has 0 amide bonds. The molecule has 2 N–H and O–H groups in total. The molecule has 6 nitrogen and oxygen atoms in total. The summed E-state index contributed by atoms with van der Waals surface area (Å²) in [6.45, 7) is 2.90. The first-order valence-corrected chi connectivity index (χ1v) is 5.28. The van der Waals surface area contributed by atoms with Gasteiger partial charge in [-0.1, -0.05) is 6.07 Å². The third-order valence-electron chi connectivity index (χ3n) is 2.50. The number of ether oxygens (including phenoxy) is 2. The Morgan fingerprint density at radius 1 is 1.06 bits per heavy atom. The molecule has 0 bridgehead atoms. The lowest BCUT2D eigenvalue weighted by molar-refractivity contribution is -0.234. The maximum absolute atomic E-state index is 11.7. The number of cyclic esters (lactones) is 2. The second-order valence-electron chi connectivity index (χ2n) is 4.42. The van der Waals surface area contributed by atoms with E-state index in [9.17, 15) is 19.8 Å². The Labute approximate surface area is 103 Å². The monoisotopic (exact) mass is 252 g/mol. The molecule has 2 rings (SSSR count). The number of hydrogen-bond donors (Lipinski definition) is 2. The van der Waals surface area contributed by atoms with Crippen molar-refractivity contribution in [3.05, 3.63) is 23.8 Å². The number of carbonyl (C=O) groups is 2. The fourth-order valence-electron chi connectivity index (χ4n) is 1.71. The SMILES string of the molecule is CC1(C)OC(=O)C(c2ccc(O)c(O)c2)C(=O)O1. The first-order chi connectivity index (χ1) is 8.30. The van der Waals surface area contributed by atoms with E-state index in [2.05, 4.69) is 0 Å². The number of rotatable bonds is 1. The summed E-state index contributed by atoms with van der Waals surface area (Å²) >= 11 is 0. The average molecular weight is 252 g/mol. The van der Waals surface area contributed by atoms with Crippen molar-refractivity contribution < 1.29 is 29.3 Å². The van der Waals surface area contributed by atoms with Crippen molar-refractivity contribution in [3.8, 4) is 11.5 Å². The minimum atomic E-state index is -1.29. The molecule has 0 atom stereocenters. The standard InChI is InChI=1S/C12H12O6/c1-12(2)17-10(15)9(11(16)18-12)6-3-4-7(13)8(14)5-6/h3-5,9,13-14H,1-2H3. The van der Waals surface area contributed by atoms with Crippen LogP contribution in [0.5, 0.6) is 11.5 Å². The molecule has 1 heterocycles. The number of hydrogen-bond acceptors (Lipinski definition) is 6. The van der Waals surface area contributed by atoms with Crippen LogP contribution in [0.2, 0.25) is 0 Å². The summed E-state index contributed by atoms with van der Waals surface area (Å²) in [7, 11) is 0. The summed E-state index contributed by atoms with van der Waals surface area (Å²) in [6, 6.07) is 3.66. The third-order valence-corrected chi connectivity index (χ3v) is 2.50. The molecule has 1 aromatic carbocycles. The second kappa shape index (κ2) is 3.90. The quantitative estimate of drug-likeness (QED) is 0.440. The minimum absolute atomic E-state index is 0.204. The first kappa shape index (κ1) is 12.2. The molecule has 18 heavy (non-hydrogen) atoms. The van der Waals surface area contributed by atoms with E-state index in [-0.39, 0.29) is 11.3 Å².